The summed E-state index contributed by atoms with van der Waals surface area (Å²) in [5.74, 6) is 0.235. The number of ether oxygens (including phenoxy) is 1. The van der Waals surface area contributed by atoms with E-state index < -0.39 is 0 Å². The van der Waals surface area contributed by atoms with E-state index >= 15 is 0 Å². The Balaban J connectivity index is 2.30. The molecule has 0 amide bonds. The summed E-state index contributed by atoms with van der Waals surface area (Å²) in [7, 11) is 1.48. The van der Waals surface area contributed by atoms with Crippen molar-refractivity contribution in [1.29, 1.82) is 0 Å². The monoisotopic (exact) mass is 256 g/mol. The van der Waals surface area contributed by atoms with Gasteiger partial charge in [-0.2, -0.15) is 0 Å². The molecule has 0 unspecified atom stereocenters. The molecule has 3 rings (SSSR count). The summed E-state index contributed by atoms with van der Waals surface area (Å²) < 4.78 is 5.24. The summed E-state index contributed by atoms with van der Waals surface area (Å²) in [5, 5.41) is 9.65. The predicted octanol–water partition coefficient (Wildman–Crippen LogP) is 1.81. The van der Waals surface area contributed by atoms with Crippen molar-refractivity contribution in [3.63, 3.8) is 0 Å². The summed E-state index contributed by atoms with van der Waals surface area (Å²) in [5.41, 5.74) is 2.45. The summed E-state index contributed by atoms with van der Waals surface area (Å²) in [6.45, 7) is 0. The van der Waals surface area contributed by atoms with E-state index in [1.807, 2.05) is 0 Å². The van der Waals surface area contributed by atoms with E-state index in [9.17, 15) is 14.7 Å². The molecule has 0 bridgehead atoms. The zero-order valence-electron chi connectivity index (χ0n) is 10.4. The summed E-state index contributed by atoms with van der Waals surface area (Å²) in [6.07, 6.45) is 3.75. The molecule has 0 saturated carbocycles. The van der Waals surface area contributed by atoms with E-state index in [0.717, 1.165) is 5.56 Å². The van der Waals surface area contributed by atoms with Gasteiger partial charge >= 0.3 is 0 Å². The lowest BCUT2D eigenvalue weighted by atomic mass is 9.79. The smallest absolute Gasteiger partial charge is 0.187 e. The molecule has 19 heavy (non-hydrogen) atoms. The molecule has 4 nitrogen and oxygen atoms in total. The molecule has 0 fully saturated rings. The molecule has 2 aliphatic rings. The molecule has 0 heterocycles. The molecule has 0 saturated heterocycles. The zero-order valence-corrected chi connectivity index (χ0v) is 10.4. The van der Waals surface area contributed by atoms with Gasteiger partial charge in [0.2, 0.25) is 0 Å². The number of fused-ring (bicyclic) bond motifs is 2. The first-order valence-electron chi connectivity index (χ1n) is 6.02. The summed E-state index contributed by atoms with van der Waals surface area (Å²) in [6, 6.07) is 3.09. The van der Waals surface area contributed by atoms with Crippen molar-refractivity contribution >= 4 is 17.1 Å². The molecular formula is C15H12O4. The highest BCUT2D eigenvalue weighted by molar-refractivity contribution is 6.37. The van der Waals surface area contributed by atoms with Crippen LogP contribution >= 0.6 is 0 Å². The lowest BCUT2D eigenvalue weighted by molar-refractivity contribution is -0.114. The fourth-order valence-electron chi connectivity index (χ4n) is 2.69. The van der Waals surface area contributed by atoms with Crippen LogP contribution in [-0.2, 0) is 16.0 Å². The number of hydrogen-bond acceptors (Lipinski definition) is 4. The van der Waals surface area contributed by atoms with Crippen LogP contribution in [0.2, 0.25) is 0 Å². The van der Waals surface area contributed by atoms with Gasteiger partial charge in [0.1, 0.15) is 11.5 Å². The molecule has 0 spiro atoms. The number of phenolic OH excluding ortho intramolecular Hbond substituents is 1. The lowest BCUT2D eigenvalue weighted by Crippen LogP contribution is -2.19. The first-order valence-corrected chi connectivity index (χ1v) is 6.02. The molecule has 0 radical (unpaired) electrons. The van der Waals surface area contributed by atoms with Crippen molar-refractivity contribution in [2.45, 2.75) is 12.8 Å². The minimum absolute atomic E-state index is 0.102. The normalized spacial score (nSPS) is 17.3. The molecular weight excluding hydrogens is 244 g/mol. The maximum atomic E-state index is 12.1. The maximum absolute atomic E-state index is 12.1. The SMILES string of the molecule is COc1cc(O)cc2c1C1=C(CC2)C(=O)C=CC1=O. The highest BCUT2D eigenvalue weighted by Crippen LogP contribution is 2.41. The van der Waals surface area contributed by atoms with Gasteiger partial charge in [0.15, 0.2) is 11.6 Å². The number of phenols is 1. The van der Waals surface area contributed by atoms with Gasteiger partial charge in [0.05, 0.1) is 7.11 Å². The minimum Gasteiger partial charge on any atom is -0.508 e. The number of ketones is 2. The number of aryl methyl sites for hydroxylation is 1. The molecule has 1 N–H and O–H groups in total. The molecule has 2 aliphatic carbocycles. The fourth-order valence-corrected chi connectivity index (χ4v) is 2.69. The highest BCUT2D eigenvalue weighted by atomic mass is 16.5. The Labute approximate surface area is 110 Å². The average Bonchev–Trinajstić information content (AvgIpc) is 2.41. The molecule has 1 aromatic carbocycles. The molecule has 96 valence electrons. The third kappa shape index (κ3) is 1.68. The van der Waals surface area contributed by atoms with Crippen molar-refractivity contribution in [2.75, 3.05) is 7.11 Å². The van der Waals surface area contributed by atoms with Crippen LogP contribution in [0.4, 0.5) is 0 Å². The van der Waals surface area contributed by atoms with Crippen LogP contribution in [0.3, 0.4) is 0 Å². The number of benzene rings is 1. The van der Waals surface area contributed by atoms with Crippen molar-refractivity contribution < 1.29 is 19.4 Å². The first kappa shape index (κ1) is 11.7. The second-order valence-electron chi connectivity index (χ2n) is 4.60. The quantitative estimate of drug-likeness (QED) is 0.778. The van der Waals surface area contributed by atoms with Crippen molar-refractivity contribution in [1.82, 2.24) is 0 Å². The third-order valence-electron chi connectivity index (χ3n) is 3.51. The molecule has 4 heteroatoms. The van der Waals surface area contributed by atoms with Gasteiger partial charge in [-0.15, -0.1) is 0 Å². The second-order valence-corrected chi connectivity index (χ2v) is 4.60. The topological polar surface area (TPSA) is 63.6 Å². The Bertz CT molecular complexity index is 665. The van der Waals surface area contributed by atoms with Gasteiger partial charge in [-0.05, 0) is 36.6 Å². The second kappa shape index (κ2) is 4.09. The number of carbonyl (C=O) groups is 2. The van der Waals surface area contributed by atoms with Crippen molar-refractivity contribution in [2.24, 2.45) is 0 Å². The van der Waals surface area contributed by atoms with Crippen molar-refractivity contribution in [3.8, 4) is 11.5 Å². The highest BCUT2D eigenvalue weighted by Gasteiger charge is 2.31. The van der Waals surface area contributed by atoms with Gasteiger partial charge < -0.3 is 9.84 Å². The van der Waals surface area contributed by atoms with Gasteiger partial charge in [0.25, 0.3) is 0 Å². The number of rotatable bonds is 1. The van der Waals surface area contributed by atoms with Crippen LogP contribution in [0.5, 0.6) is 11.5 Å². The minimum atomic E-state index is -0.181. The summed E-state index contributed by atoms with van der Waals surface area (Å²) >= 11 is 0. The Morgan fingerprint density at radius 1 is 1.11 bits per heavy atom. The van der Waals surface area contributed by atoms with E-state index in [1.54, 1.807) is 6.07 Å². The average molecular weight is 256 g/mol. The zero-order chi connectivity index (χ0) is 13.6. The number of allylic oxidation sites excluding steroid dienone is 4. The van der Waals surface area contributed by atoms with E-state index in [-0.39, 0.29) is 17.3 Å². The van der Waals surface area contributed by atoms with Gasteiger partial charge in [-0.3, -0.25) is 9.59 Å². The third-order valence-corrected chi connectivity index (χ3v) is 3.51. The van der Waals surface area contributed by atoms with Gasteiger partial charge in [0, 0.05) is 22.8 Å². The first-order chi connectivity index (χ1) is 9.11. The number of aromatic hydroxyl groups is 1. The largest absolute Gasteiger partial charge is 0.508 e. The lowest BCUT2D eigenvalue weighted by Gasteiger charge is -2.24. The molecule has 0 aliphatic heterocycles. The van der Waals surface area contributed by atoms with E-state index in [0.29, 0.717) is 35.3 Å². The maximum Gasteiger partial charge on any atom is 0.187 e. The van der Waals surface area contributed by atoms with E-state index in [2.05, 4.69) is 0 Å². The number of hydrogen-bond donors (Lipinski definition) is 1. The van der Waals surface area contributed by atoms with E-state index in [1.165, 1.54) is 25.3 Å². The Morgan fingerprint density at radius 3 is 2.58 bits per heavy atom. The van der Waals surface area contributed by atoms with E-state index in [4.69, 9.17) is 4.74 Å². The summed E-state index contributed by atoms with van der Waals surface area (Å²) in [4.78, 5) is 23.9. The van der Waals surface area contributed by atoms with Crippen molar-refractivity contribution in [3.05, 3.63) is 41.0 Å². The molecule has 1 aromatic rings. The van der Waals surface area contributed by atoms with Crippen LogP contribution in [0, 0.1) is 0 Å². The molecule has 0 atom stereocenters. The Kier molecular flexibility index (Phi) is 2.52. The fraction of sp³-hybridized carbons (Fsp3) is 0.200. The number of carbonyl (C=O) groups excluding carboxylic acids is 2. The van der Waals surface area contributed by atoms with Gasteiger partial charge in [-0.1, -0.05) is 0 Å². The predicted molar refractivity (Wildman–Crippen MR) is 69.1 cm³/mol. The molecule has 0 aromatic heterocycles. The van der Waals surface area contributed by atoms with Crippen LogP contribution in [0.25, 0.3) is 5.57 Å². The Morgan fingerprint density at radius 2 is 1.84 bits per heavy atom. The van der Waals surface area contributed by atoms with Crippen LogP contribution in [-0.4, -0.2) is 23.8 Å². The standard InChI is InChI=1S/C15H12O4/c1-19-13-7-9(16)6-8-2-3-10-11(17)4-5-12(18)15(10)14(8)13/h4-7,16H,2-3H2,1H3. The van der Waals surface area contributed by atoms with Crippen LogP contribution in [0.15, 0.2) is 29.9 Å². The Hall–Kier alpha value is -2.36. The van der Waals surface area contributed by atoms with Crippen LogP contribution in [0.1, 0.15) is 17.5 Å². The van der Waals surface area contributed by atoms with Crippen LogP contribution < -0.4 is 4.74 Å². The number of methoxy groups -OCH3 is 1. The van der Waals surface area contributed by atoms with Gasteiger partial charge in [-0.25, -0.2) is 0 Å².